The van der Waals surface area contributed by atoms with Crippen molar-refractivity contribution >= 4 is 29.0 Å². The molecule has 0 radical (unpaired) electrons. The fraction of sp³-hybridized carbons (Fsp3) is 0.136. The van der Waals surface area contributed by atoms with E-state index in [1.165, 1.54) is 23.9 Å². The molecule has 1 N–H and O–H groups in total. The van der Waals surface area contributed by atoms with Gasteiger partial charge in [0.15, 0.2) is 5.16 Å². The number of hydrogen-bond acceptors (Lipinski definition) is 7. The van der Waals surface area contributed by atoms with E-state index in [9.17, 15) is 14.9 Å². The molecule has 2 aromatic carbocycles. The molecule has 2 heterocycles. The van der Waals surface area contributed by atoms with E-state index in [1.54, 1.807) is 36.2 Å². The van der Waals surface area contributed by atoms with Crippen molar-refractivity contribution in [2.75, 3.05) is 5.32 Å². The average Bonchev–Trinajstić information content (AvgIpc) is 3.46. The number of carbonyl (C=O) groups excluding carboxylic acids is 1. The smallest absolute Gasteiger partial charge is 0.293 e. The van der Waals surface area contributed by atoms with Gasteiger partial charge in [0.25, 0.3) is 5.69 Å². The van der Waals surface area contributed by atoms with Gasteiger partial charge in [-0.15, -0.1) is 10.2 Å². The van der Waals surface area contributed by atoms with E-state index < -0.39 is 16.1 Å². The number of benzene rings is 2. The zero-order valence-corrected chi connectivity index (χ0v) is 17.9. The molecule has 9 nitrogen and oxygen atoms in total. The number of nitrogens with zero attached hydrogens (tertiary/aromatic N) is 4. The van der Waals surface area contributed by atoms with Crippen LogP contribution < -0.4 is 5.32 Å². The van der Waals surface area contributed by atoms with Crippen molar-refractivity contribution in [2.24, 2.45) is 0 Å². The number of carbonyl (C=O) groups is 1. The second-order valence-electron chi connectivity index (χ2n) is 7.00. The van der Waals surface area contributed by atoms with Crippen LogP contribution in [0.2, 0.25) is 0 Å². The zero-order chi connectivity index (χ0) is 22.5. The SMILES string of the molecule is Cc1ccc(NC(=O)C(Sc2nncn2Cc2ccco2)c2ccccc2)c([N+](=O)[O-])c1. The second-order valence-corrected chi connectivity index (χ2v) is 8.07. The molecule has 10 heteroatoms. The summed E-state index contributed by atoms with van der Waals surface area (Å²) in [6.07, 6.45) is 3.15. The summed E-state index contributed by atoms with van der Waals surface area (Å²) >= 11 is 1.21. The molecule has 0 saturated heterocycles. The van der Waals surface area contributed by atoms with Gasteiger partial charge in [-0.2, -0.15) is 0 Å². The lowest BCUT2D eigenvalue weighted by Crippen LogP contribution is -2.20. The molecule has 0 fully saturated rings. The Hall–Kier alpha value is -3.92. The lowest BCUT2D eigenvalue weighted by atomic mass is 10.1. The van der Waals surface area contributed by atoms with E-state index >= 15 is 0 Å². The predicted octanol–water partition coefficient (Wildman–Crippen LogP) is 4.61. The van der Waals surface area contributed by atoms with Gasteiger partial charge in [-0.3, -0.25) is 14.9 Å². The van der Waals surface area contributed by atoms with Crippen molar-refractivity contribution in [3.05, 3.63) is 100 Å². The molecule has 4 aromatic rings. The van der Waals surface area contributed by atoms with Gasteiger partial charge in [0, 0.05) is 6.07 Å². The molecular formula is C22H19N5O4S. The van der Waals surface area contributed by atoms with E-state index in [4.69, 9.17) is 4.42 Å². The largest absolute Gasteiger partial charge is 0.467 e. The summed E-state index contributed by atoms with van der Waals surface area (Å²) in [5.41, 5.74) is 1.45. The molecular weight excluding hydrogens is 430 g/mol. The van der Waals surface area contributed by atoms with Crippen molar-refractivity contribution in [3.8, 4) is 0 Å². The van der Waals surface area contributed by atoms with Crippen molar-refractivity contribution in [1.29, 1.82) is 0 Å². The minimum Gasteiger partial charge on any atom is -0.467 e. The van der Waals surface area contributed by atoms with E-state index in [2.05, 4.69) is 15.5 Å². The number of rotatable bonds is 8. The quantitative estimate of drug-likeness (QED) is 0.237. The molecule has 2 aromatic heterocycles. The number of thioether (sulfide) groups is 1. The monoisotopic (exact) mass is 449 g/mol. The number of nitro groups is 1. The predicted molar refractivity (Wildman–Crippen MR) is 119 cm³/mol. The van der Waals surface area contributed by atoms with Crippen LogP contribution in [0.1, 0.15) is 22.1 Å². The number of furan rings is 1. The molecule has 0 bridgehead atoms. The van der Waals surface area contributed by atoms with Crippen LogP contribution in [0.15, 0.2) is 82.8 Å². The number of aryl methyl sites for hydroxylation is 1. The Morgan fingerprint density at radius 1 is 1.22 bits per heavy atom. The number of nitro benzene ring substituents is 1. The highest BCUT2D eigenvalue weighted by Crippen LogP contribution is 2.36. The molecule has 0 aliphatic carbocycles. The standard InChI is InChI=1S/C22H19N5O4S/c1-15-9-10-18(19(12-15)27(29)30)24-21(28)20(16-6-3-2-4-7-16)32-22-25-23-14-26(22)13-17-8-5-11-31-17/h2-12,14,20H,13H2,1H3,(H,24,28). The van der Waals surface area contributed by atoms with Gasteiger partial charge in [-0.05, 0) is 36.2 Å². The van der Waals surface area contributed by atoms with Crippen molar-refractivity contribution in [3.63, 3.8) is 0 Å². The van der Waals surface area contributed by atoms with Gasteiger partial charge < -0.3 is 14.3 Å². The van der Waals surface area contributed by atoms with Gasteiger partial charge in [0.2, 0.25) is 5.91 Å². The summed E-state index contributed by atoms with van der Waals surface area (Å²) in [5.74, 6) is 0.323. The van der Waals surface area contributed by atoms with E-state index in [-0.39, 0.29) is 11.4 Å². The van der Waals surface area contributed by atoms with Gasteiger partial charge in [0.05, 0.1) is 17.7 Å². The highest BCUT2D eigenvalue weighted by atomic mass is 32.2. The minimum absolute atomic E-state index is 0.143. The van der Waals surface area contributed by atoms with Crippen LogP contribution in [0.25, 0.3) is 0 Å². The molecule has 0 aliphatic rings. The van der Waals surface area contributed by atoms with Crippen molar-refractivity contribution in [2.45, 2.75) is 23.9 Å². The van der Waals surface area contributed by atoms with Crippen molar-refractivity contribution in [1.82, 2.24) is 14.8 Å². The average molecular weight is 449 g/mol. The van der Waals surface area contributed by atoms with Crippen LogP contribution in [0, 0.1) is 17.0 Å². The van der Waals surface area contributed by atoms with E-state index in [0.717, 1.165) is 16.9 Å². The van der Waals surface area contributed by atoms with Crippen LogP contribution in [0.3, 0.4) is 0 Å². The molecule has 0 spiro atoms. The number of anilines is 1. The van der Waals surface area contributed by atoms with Crippen LogP contribution in [-0.2, 0) is 11.3 Å². The maximum Gasteiger partial charge on any atom is 0.293 e. The van der Waals surface area contributed by atoms with Gasteiger partial charge in [-0.1, -0.05) is 48.2 Å². The third-order valence-corrected chi connectivity index (χ3v) is 5.91. The summed E-state index contributed by atoms with van der Waals surface area (Å²) in [4.78, 5) is 24.3. The lowest BCUT2D eigenvalue weighted by molar-refractivity contribution is -0.384. The molecule has 1 unspecified atom stereocenters. The molecule has 162 valence electrons. The Balaban J connectivity index is 1.62. The van der Waals surface area contributed by atoms with E-state index in [1.807, 2.05) is 36.4 Å². The molecule has 0 saturated carbocycles. The Bertz CT molecular complexity index is 1220. The molecule has 1 atom stereocenters. The van der Waals surface area contributed by atoms with Crippen LogP contribution >= 0.6 is 11.8 Å². The number of amides is 1. The maximum atomic E-state index is 13.3. The highest BCUT2D eigenvalue weighted by Gasteiger charge is 2.27. The van der Waals surface area contributed by atoms with Crippen LogP contribution in [0.4, 0.5) is 11.4 Å². The minimum atomic E-state index is -0.711. The fourth-order valence-electron chi connectivity index (χ4n) is 3.12. The van der Waals surface area contributed by atoms with E-state index in [0.29, 0.717) is 11.7 Å². The summed E-state index contributed by atoms with van der Waals surface area (Å²) in [7, 11) is 0. The van der Waals surface area contributed by atoms with Gasteiger partial charge in [-0.25, -0.2) is 0 Å². The summed E-state index contributed by atoms with van der Waals surface area (Å²) in [6.45, 7) is 2.17. The molecule has 1 amide bonds. The first-order valence-electron chi connectivity index (χ1n) is 9.69. The Kier molecular flexibility index (Phi) is 6.31. The van der Waals surface area contributed by atoms with Crippen molar-refractivity contribution < 1.29 is 14.1 Å². The highest BCUT2D eigenvalue weighted by molar-refractivity contribution is 8.00. The zero-order valence-electron chi connectivity index (χ0n) is 17.0. The normalized spacial score (nSPS) is 11.8. The number of aromatic nitrogens is 3. The first-order chi connectivity index (χ1) is 15.5. The third-order valence-electron chi connectivity index (χ3n) is 4.66. The fourth-order valence-corrected chi connectivity index (χ4v) is 4.13. The van der Waals surface area contributed by atoms with Gasteiger partial charge in [0.1, 0.15) is 23.0 Å². The first-order valence-corrected chi connectivity index (χ1v) is 10.6. The maximum absolute atomic E-state index is 13.3. The lowest BCUT2D eigenvalue weighted by Gasteiger charge is -2.17. The van der Waals surface area contributed by atoms with Crippen LogP contribution in [0.5, 0.6) is 0 Å². The Morgan fingerprint density at radius 2 is 2.03 bits per heavy atom. The molecule has 32 heavy (non-hydrogen) atoms. The second kappa shape index (κ2) is 9.48. The Morgan fingerprint density at radius 3 is 2.75 bits per heavy atom. The topological polar surface area (TPSA) is 116 Å². The van der Waals surface area contributed by atoms with Gasteiger partial charge >= 0.3 is 0 Å². The number of nitrogens with one attached hydrogen (secondary N) is 1. The summed E-state index contributed by atoms with van der Waals surface area (Å²) < 4.78 is 7.17. The summed E-state index contributed by atoms with van der Waals surface area (Å²) in [6, 6.07) is 17.5. The Labute approximate surface area is 187 Å². The van der Waals surface area contributed by atoms with Crippen LogP contribution in [-0.4, -0.2) is 25.6 Å². The summed E-state index contributed by atoms with van der Waals surface area (Å²) in [5, 5.41) is 22.1. The third kappa shape index (κ3) is 4.86. The number of hydrogen-bond donors (Lipinski definition) is 1. The molecule has 0 aliphatic heterocycles. The molecule has 4 rings (SSSR count). The first kappa shape index (κ1) is 21.3.